The number of nitrogen functional groups attached to an aromatic ring is 1. The quantitative estimate of drug-likeness (QED) is 0.876. The van der Waals surface area contributed by atoms with Crippen molar-refractivity contribution in [1.82, 2.24) is 9.78 Å². The third-order valence-corrected chi connectivity index (χ3v) is 3.73. The van der Waals surface area contributed by atoms with Gasteiger partial charge in [0.15, 0.2) is 0 Å². The Balaban J connectivity index is 2.73. The second kappa shape index (κ2) is 4.18. The van der Waals surface area contributed by atoms with Crippen LogP contribution in [0.5, 0.6) is 0 Å². The normalized spacial score (nSPS) is 10.9. The number of rotatable bonds is 1. The lowest BCUT2D eigenvalue weighted by atomic mass is 9.97. The number of anilines is 1. The predicted molar refractivity (Wildman–Crippen MR) is 75.0 cm³/mol. The van der Waals surface area contributed by atoms with Gasteiger partial charge in [0.2, 0.25) is 0 Å². The second-order valence-electron chi connectivity index (χ2n) is 4.45. The lowest BCUT2D eigenvalue weighted by Gasteiger charge is -2.09. The summed E-state index contributed by atoms with van der Waals surface area (Å²) in [7, 11) is 1.85. The van der Waals surface area contributed by atoms with Crippen molar-refractivity contribution < 1.29 is 0 Å². The molecule has 0 bridgehead atoms. The minimum absolute atomic E-state index is 0.652. The molecule has 3 nitrogen and oxygen atoms in total. The monoisotopic (exact) mass is 293 g/mol. The third-order valence-electron chi connectivity index (χ3n) is 2.95. The van der Waals surface area contributed by atoms with E-state index < -0.39 is 0 Å². The molecule has 0 spiro atoms. The largest absolute Gasteiger partial charge is 0.383 e. The van der Waals surface area contributed by atoms with Crippen LogP contribution in [0.15, 0.2) is 16.6 Å². The SMILES string of the molecule is Cc1cc(C)c(-c2nn(C)c(N)c2Br)c(C)c1. The number of aryl methyl sites for hydroxylation is 4. The number of aromatic nitrogens is 2. The zero-order valence-corrected chi connectivity index (χ0v) is 12.1. The summed E-state index contributed by atoms with van der Waals surface area (Å²) in [4.78, 5) is 0. The fourth-order valence-corrected chi connectivity index (χ4v) is 2.76. The van der Waals surface area contributed by atoms with Crippen LogP contribution in [0.1, 0.15) is 16.7 Å². The van der Waals surface area contributed by atoms with Gasteiger partial charge in [-0.1, -0.05) is 17.7 Å². The highest BCUT2D eigenvalue weighted by molar-refractivity contribution is 9.10. The number of hydrogen-bond donors (Lipinski definition) is 1. The molecule has 0 radical (unpaired) electrons. The van der Waals surface area contributed by atoms with E-state index >= 15 is 0 Å². The van der Waals surface area contributed by atoms with Crippen molar-refractivity contribution in [2.75, 3.05) is 5.73 Å². The van der Waals surface area contributed by atoms with Crippen LogP contribution >= 0.6 is 15.9 Å². The van der Waals surface area contributed by atoms with Gasteiger partial charge in [0.1, 0.15) is 11.5 Å². The van der Waals surface area contributed by atoms with Crippen LogP contribution in [0.3, 0.4) is 0 Å². The number of nitrogens with two attached hydrogens (primary N) is 1. The molecule has 0 saturated heterocycles. The van der Waals surface area contributed by atoms with Gasteiger partial charge in [-0.05, 0) is 47.8 Å². The van der Waals surface area contributed by atoms with E-state index in [0.29, 0.717) is 5.82 Å². The van der Waals surface area contributed by atoms with E-state index in [1.807, 2.05) is 7.05 Å². The van der Waals surface area contributed by atoms with Crippen LogP contribution in [0.2, 0.25) is 0 Å². The van der Waals surface area contributed by atoms with Crippen LogP contribution in [0.25, 0.3) is 11.3 Å². The Kier molecular flexibility index (Phi) is 3.00. The molecule has 1 heterocycles. The van der Waals surface area contributed by atoms with Crippen molar-refractivity contribution in [3.8, 4) is 11.3 Å². The van der Waals surface area contributed by atoms with Gasteiger partial charge < -0.3 is 5.73 Å². The summed E-state index contributed by atoms with van der Waals surface area (Å²) in [5.41, 5.74) is 11.7. The number of halogens is 1. The van der Waals surface area contributed by atoms with Gasteiger partial charge in [0.25, 0.3) is 0 Å². The molecule has 90 valence electrons. The summed E-state index contributed by atoms with van der Waals surface area (Å²) in [6, 6.07) is 4.33. The summed E-state index contributed by atoms with van der Waals surface area (Å²) < 4.78 is 2.56. The lowest BCUT2D eigenvalue weighted by molar-refractivity contribution is 0.781. The molecule has 2 rings (SSSR count). The summed E-state index contributed by atoms with van der Waals surface area (Å²) in [6.07, 6.45) is 0. The van der Waals surface area contributed by atoms with Crippen molar-refractivity contribution in [2.45, 2.75) is 20.8 Å². The highest BCUT2D eigenvalue weighted by Crippen LogP contribution is 2.35. The van der Waals surface area contributed by atoms with Crippen molar-refractivity contribution in [3.05, 3.63) is 33.3 Å². The molecule has 0 aliphatic heterocycles. The molecule has 1 aromatic heterocycles. The molecule has 0 fully saturated rings. The molecule has 0 unspecified atom stereocenters. The van der Waals surface area contributed by atoms with E-state index in [-0.39, 0.29) is 0 Å². The Hall–Kier alpha value is -1.29. The van der Waals surface area contributed by atoms with Crippen molar-refractivity contribution in [2.24, 2.45) is 7.05 Å². The van der Waals surface area contributed by atoms with Crippen molar-refractivity contribution in [1.29, 1.82) is 0 Å². The first-order valence-corrected chi connectivity index (χ1v) is 6.27. The molecule has 0 aliphatic carbocycles. The van der Waals surface area contributed by atoms with Crippen LogP contribution < -0.4 is 5.73 Å². The van der Waals surface area contributed by atoms with E-state index in [9.17, 15) is 0 Å². The van der Waals surface area contributed by atoms with Gasteiger partial charge in [0.05, 0.1) is 4.47 Å². The van der Waals surface area contributed by atoms with Crippen LogP contribution in [0.4, 0.5) is 5.82 Å². The van der Waals surface area contributed by atoms with Gasteiger partial charge in [0, 0.05) is 12.6 Å². The molecule has 0 aliphatic rings. The van der Waals surface area contributed by atoms with E-state index in [4.69, 9.17) is 5.73 Å². The second-order valence-corrected chi connectivity index (χ2v) is 5.24. The molecule has 2 N–H and O–H groups in total. The molecule has 17 heavy (non-hydrogen) atoms. The Morgan fingerprint density at radius 1 is 1.18 bits per heavy atom. The smallest absolute Gasteiger partial charge is 0.136 e. The molecule has 0 saturated carbocycles. The van der Waals surface area contributed by atoms with E-state index in [1.165, 1.54) is 16.7 Å². The summed E-state index contributed by atoms with van der Waals surface area (Å²) >= 11 is 3.52. The Morgan fingerprint density at radius 2 is 1.71 bits per heavy atom. The first kappa shape index (κ1) is 12.2. The topological polar surface area (TPSA) is 43.8 Å². The van der Waals surface area contributed by atoms with Crippen LogP contribution in [-0.2, 0) is 7.05 Å². The first-order chi connectivity index (χ1) is 7.91. The average Bonchev–Trinajstić information content (AvgIpc) is 2.45. The van der Waals surface area contributed by atoms with E-state index in [1.54, 1.807) is 4.68 Å². The Bertz CT molecular complexity index is 562. The molecule has 0 atom stereocenters. The molecule has 4 heteroatoms. The molecule has 2 aromatic rings. The Morgan fingerprint density at radius 3 is 2.12 bits per heavy atom. The Labute approximate surface area is 110 Å². The van der Waals surface area contributed by atoms with Gasteiger partial charge >= 0.3 is 0 Å². The lowest BCUT2D eigenvalue weighted by Crippen LogP contribution is -1.97. The van der Waals surface area contributed by atoms with Gasteiger partial charge in [-0.2, -0.15) is 5.10 Å². The standard InChI is InChI=1S/C13H16BrN3/c1-7-5-8(2)10(9(3)6-7)12-11(14)13(15)17(4)16-12/h5-6H,15H2,1-4H3. The fraction of sp³-hybridized carbons (Fsp3) is 0.308. The highest BCUT2D eigenvalue weighted by Gasteiger charge is 2.16. The maximum atomic E-state index is 5.92. The third kappa shape index (κ3) is 1.97. The fourth-order valence-electron chi connectivity index (χ4n) is 2.22. The molecule has 0 amide bonds. The average molecular weight is 294 g/mol. The number of hydrogen-bond acceptors (Lipinski definition) is 2. The molecular formula is C13H16BrN3. The zero-order chi connectivity index (χ0) is 12.7. The predicted octanol–water partition coefficient (Wildman–Crippen LogP) is 3.36. The minimum atomic E-state index is 0.652. The van der Waals surface area contributed by atoms with Crippen LogP contribution in [-0.4, -0.2) is 9.78 Å². The molecular weight excluding hydrogens is 278 g/mol. The highest BCUT2D eigenvalue weighted by atomic mass is 79.9. The summed E-state index contributed by atoms with van der Waals surface area (Å²) in [6.45, 7) is 6.31. The van der Waals surface area contributed by atoms with Crippen molar-refractivity contribution in [3.63, 3.8) is 0 Å². The van der Waals surface area contributed by atoms with Crippen molar-refractivity contribution >= 4 is 21.7 Å². The summed E-state index contributed by atoms with van der Waals surface area (Å²) in [5.74, 6) is 0.652. The van der Waals surface area contributed by atoms with E-state index in [0.717, 1.165) is 15.7 Å². The summed E-state index contributed by atoms with van der Waals surface area (Å²) in [5, 5.41) is 4.48. The zero-order valence-electron chi connectivity index (χ0n) is 10.5. The van der Waals surface area contributed by atoms with Gasteiger partial charge in [-0.3, -0.25) is 4.68 Å². The number of nitrogens with zero attached hydrogens (tertiary/aromatic N) is 2. The first-order valence-electron chi connectivity index (χ1n) is 5.48. The van der Waals surface area contributed by atoms with Gasteiger partial charge in [-0.25, -0.2) is 0 Å². The van der Waals surface area contributed by atoms with Crippen LogP contribution in [0, 0.1) is 20.8 Å². The number of benzene rings is 1. The van der Waals surface area contributed by atoms with E-state index in [2.05, 4.69) is 53.9 Å². The maximum Gasteiger partial charge on any atom is 0.136 e. The molecule has 1 aromatic carbocycles. The van der Waals surface area contributed by atoms with Gasteiger partial charge in [-0.15, -0.1) is 0 Å². The maximum absolute atomic E-state index is 5.92. The minimum Gasteiger partial charge on any atom is -0.383 e.